The van der Waals surface area contributed by atoms with Crippen molar-refractivity contribution in [3.63, 3.8) is 0 Å². The van der Waals surface area contributed by atoms with Crippen molar-refractivity contribution in [2.75, 3.05) is 5.43 Å². The molecule has 0 aliphatic heterocycles. The summed E-state index contributed by atoms with van der Waals surface area (Å²) in [5.41, 5.74) is 5.96. The smallest absolute Gasteiger partial charge is 0.330 e. The van der Waals surface area contributed by atoms with Gasteiger partial charge in [0.15, 0.2) is 0 Å². The summed E-state index contributed by atoms with van der Waals surface area (Å²) in [5.74, 6) is 0. The molecular formula is C17H15ClN4O. The first-order chi connectivity index (χ1) is 11.2. The van der Waals surface area contributed by atoms with E-state index < -0.39 is 0 Å². The van der Waals surface area contributed by atoms with Crippen molar-refractivity contribution >= 4 is 28.5 Å². The number of para-hydroxylation sites is 1. The first-order valence-corrected chi connectivity index (χ1v) is 7.87. The molecule has 4 rings (SSSR count). The summed E-state index contributed by atoms with van der Waals surface area (Å²) in [7, 11) is 0. The largest absolute Gasteiger partial charge is 0.335 e. The topological polar surface area (TPSA) is 59.0 Å². The number of carbonyl (C=O) groups is 1. The van der Waals surface area contributed by atoms with Crippen LogP contribution in [0, 0.1) is 0 Å². The number of carbonyl (C=O) groups excluding carboxylic acids is 1. The minimum atomic E-state index is -0.272. The van der Waals surface area contributed by atoms with Crippen molar-refractivity contribution in [3.8, 4) is 0 Å². The lowest BCUT2D eigenvalue weighted by Gasteiger charge is -2.15. The molecule has 0 saturated heterocycles. The fourth-order valence-corrected chi connectivity index (χ4v) is 3.28. The Balaban J connectivity index is 1.49. The van der Waals surface area contributed by atoms with Crippen LogP contribution in [-0.2, 0) is 6.42 Å². The molecule has 23 heavy (non-hydrogen) atoms. The van der Waals surface area contributed by atoms with Gasteiger partial charge in [-0.1, -0.05) is 35.9 Å². The van der Waals surface area contributed by atoms with Crippen LogP contribution in [0.25, 0.3) is 10.9 Å². The molecule has 0 unspecified atom stereocenters. The van der Waals surface area contributed by atoms with Crippen LogP contribution < -0.4 is 10.7 Å². The molecule has 1 aliphatic carbocycles. The van der Waals surface area contributed by atoms with Gasteiger partial charge in [-0.05, 0) is 42.2 Å². The zero-order valence-electron chi connectivity index (χ0n) is 12.3. The van der Waals surface area contributed by atoms with Crippen LogP contribution in [-0.4, -0.2) is 15.9 Å². The Morgan fingerprint density at radius 2 is 2.13 bits per heavy atom. The summed E-state index contributed by atoms with van der Waals surface area (Å²) in [6.07, 6.45) is 3.52. The first kappa shape index (κ1) is 14.1. The molecule has 2 aromatic carbocycles. The van der Waals surface area contributed by atoms with Crippen LogP contribution in [0.4, 0.5) is 4.79 Å². The molecule has 1 aromatic heterocycles. The molecule has 3 aromatic rings. The molecule has 0 saturated carbocycles. The number of aromatic nitrogens is 2. The lowest BCUT2D eigenvalue weighted by molar-refractivity contribution is 0.245. The maximum Gasteiger partial charge on any atom is 0.335 e. The highest BCUT2D eigenvalue weighted by atomic mass is 35.5. The first-order valence-electron chi connectivity index (χ1n) is 7.49. The van der Waals surface area contributed by atoms with Crippen LogP contribution in [0.15, 0.2) is 48.7 Å². The number of urea groups is 1. The lowest BCUT2D eigenvalue weighted by atomic mass is 10.1. The minimum absolute atomic E-state index is 0.00379. The maximum atomic E-state index is 12.3. The Bertz CT molecular complexity index is 889. The van der Waals surface area contributed by atoms with Crippen molar-refractivity contribution in [1.29, 1.82) is 0 Å². The van der Waals surface area contributed by atoms with Crippen LogP contribution >= 0.6 is 11.6 Å². The molecule has 2 amide bonds. The van der Waals surface area contributed by atoms with Crippen LogP contribution in [0.3, 0.4) is 0 Å². The normalized spacial score (nSPS) is 16.3. The molecule has 5 nitrogen and oxygen atoms in total. The third-order valence-electron chi connectivity index (χ3n) is 4.17. The number of amides is 2. The van der Waals surface area contributed by atoms with E-state index in [1.165, 1.54) is 10.4 Å². The number of rotatable bonds is 2. The number of hydrogen-bond acceptors (Lipinski definition) is 2. The molecule has 0 fully saturated rings. The van der Waals surface area contributed by atoms with Crippen LogP contribution in [0.5, 0.6) is 0 Å². The van der Waals surface area contributed by atoms with Gasteiger partial charge in [-0.2, -0.15) is 9.89 Å². The molecule has 1 heterocycles. The highest BCUT2D eigenvalue weighted by Gasteiger charge is 2.24. The second-order valence-corrected chi connectivity index (χ2v) is 6.07. The van der Waals surface area contributed by atoms with Crippen molar-refractivity contribution in [2.24, 2.45) is 0 Å². The van der Waals surface area contributed by atoms with Gasteiger partial charge in [-0.25, -0.2) is 10.2 Å². The number of nitrogens with one attached hydrogen (secondary N) is 2. The van der Waals surface area contributed by atoms with E-state index in [2.05, 4.69) is 15.8 Å². The van der Waals surface area contributed by atoms with Crippen LogP contribution in [0.2, 0.25) is 5.02 Å². The monoisotopic (exact) mass is 326 g/mol. The van der Waals surface area contributed by atoms with Gasteiger partial charge >= 0.3 is 6.03 Å². The quantitative estimate of drug-likeness (QED) is 0.755. The van der Waals surface area contributed by atoms with Crippen molar-refractivity contribution < 1.29 is 4.79 Å². The van der Waals surface area contributed by atoms with Gasteiger partial charge in [0, 0.05) is 10.4 Å². The van der Waals surface area contributed by atoms with E-state index in [1.807, 2.05) is 42.5 Å². The van der Waals surface area contributed by atoms with E-state index >= 15 is 0 Å². The Morgan fingerprint density at radius 3 is 3.04 bits per heavy atom. The van der Waals surface area contributed by atoms with Gasteiger partial charge in [0.2, 0.25) is 0 Å². The van der Waals surface area contributed by atoms with Crippen molar-refractivity contribution in [1.82, 2.24) is 15.2 Å². The molecule has 2 N–H and O–H groups in total. The maximum absolute atomic E-state index is 12.3. The minimum Gasteiger partial charge on any atom is -0.330 e. The molecule has 116 valence electrons. The summed E-state index contributed by atoms with van der Waals surface area (Å²) < 4.78 is 0. The van der Waals surface area contributed by atoms with E-state index in [-0.39, 0.29) is 12.1 Å². The van der Waals surface area contributed by atoms with Gasteiger partial charge in [-0.3, -0.25) is 0 Å². The highest BCUT2D eigenvalue weighted by molar-refractivity contribution is 6.30. The molecule has 0 spiro atoms. The van der Waals surface area contributed by atoms with E-state index in [0.29, 0.717) is 0 Å². The number of benzene rings is 2. The number of aryl methyl sites for hydroxylation is 1. The standard InChI is InChI=1S/C17H15ClN4O/c18-13-6-7-14-11(9-13)5-8-15(14)20-17(23)21-22-16-4-2-1-3-12(16)10-19-22/h1-4,6-7,9-10,15H,5,8H2,(H2,20,21,23)/t15-/m1/s1. The number of halogens is 1. The van der Waals surface area contributed by atoms with E-state index in [1.54, 1.807) is 6.20 Å². The third-order valence-corrected chi connectivity index (χ3v) is 4.41. The summed E-state index contributed by atoms with van der Waals surface area (Å²) in [5, 5.41) is 8.91. The highest BCUT2D eigenvalue weighted by Crippen LogP contribution is 2.32. The predicted molar refractivity (Wildman–Crippen MR) is 90.1 cm³/mol. The molecule has 0 radical (unpaired) electrons. The van der Waals surface area contributed by atoms with E-state index in [4.69, 9.17) is 11.6 Å². The van der Waals surface area contributed by atoms with Crippen molar-refractivity contribution in [2.45, 2.75) is 18.9 Å². The molecular weight excluding hydrogens is 312 g/mol. The summed E-state index contributed by atoms with van der Waals surface area (Å²) in [6, 6.07) is 13.3. The SMILES string of the molecule is O=C(N[C@@H]1CCc2cc(Cl)ccc21)Nn1ncc2ccccc21. The Hall–Kier alpha value is -2.53. The fraction of sp³-hybridized carbons (Fsp3) is 0.176. The Morgan fingerprint density at radius 1 is 1.26 bits per heavy atom. The zero-order valence-corrected chi connectivity index (χ0v) is 13.0. The molecule has 1 atom stereocenters. The van der Waals surface area contributed by atoms with E-state index in [0.717, 1.165) is 34.3 Å². The molecule has 6 heteroatoms. The number of hydrogen-bond donors (Lipinski definition) is 2. The zero-order chi connectivity index (χ0) is 15.8. The van der Waals surface area contributed by atoms with Gasteiger partial charge in [0.25, 0.3) is 0 Å². The number of nitrogens with zero attached hydrogens (tertiary/aromatic N) is 2. The second-order valence-electron chi connectivity index (χ2n) is 5.63. The fourth-order valence-electron chi connectivity index (χ4n) is 3.08. The average molecular weight is 327 g/mol. The van der Waals surface area contributed by atoms with Crippen LogP contribution in [0.1, 0.15) is 23.6 Å². The van der Waals surface area contributed by atoms with Gasteiger partial charge in [-0.15, -0.1) is 0 Å². The average Bonchev–Trinajstić information content (AvgIpc) is 3.12. The van der Waals surface area contributed by atoms with Gasteiger partial charge in [0.1, 0.15) is 0 Å². The third kappa shape index (κ3) is 2.64. The number of fused-ring (bicyclic) bond motifs is 2. The summed E-state index contributed by atoms with van der Waals surface area (Å²) >= 11 is 6.02. The molecule has 0 bridgehead atoms. The molecule has 1 aliphatic rings. The lowest BCUT2D eigenvalue weighted by Crippen LogP contribution is -2.36. The summed E-state index contributed by atoms with van der Waals surface area (Å²) in [6.45, 7) is 0. The Labute approximate surface area is 138 Å². The van der Waals surface area contributed by atoms with Gasteiger partial charge < -0.3 is 5.32 Å². The van der Waals surface area contributed by atoms with E-state index in [9.17, 15) is 4.79 Å². The van der Waals surface area contributed by atoms with Gasteiger partial charge in [0.05, 0.1) is 17.8 Å². The second kappa shape index (κ2) is 5.59. The predicted octanol–water partition coefficient (Wildman–Crippen LogP) is 3.63. The Kier molecular flexibility index (Phi) is 3.42. The summed E-state index contributed by atoms with van der Waals surface area (Å²) in [4.78, 5) is 13.8. The van der Waals surface area contributed by atoms with Crippen molar-refractivity contribution in [3.05, 3.63) is 64.8 Å².